The van der Waals surface area contributed by atoms with E-state index in [0.717, 1.165) is 6.42 Å². The molecule has 1 aromatic carbocycles. The normalized spacial score (nSPS) is 18.7. The first-order chi connectivity index (χ1) is 10.1. The molecule has 1 aliphatic rings. The van der Waals surface area contributed by atoms with Gasteiger partial charge < -0.3 is 20.7 Å². The van der Waals surface area contributed by atoms with Crippen LogP contribution in [0.15, 0.2) is 18.2 Å². The molecule has 0 aromatic heterocycles. The van der Waals surface area contributed by atoms with Gasteiger partial charge in [0.1, 0.15) is 5.75 Å². The van der Waals surface area contributed by atoms with Crippen LogP contribution >= 0.6 is 0 Å². The maximum Gasteiger partial charge on any atom is 0.251 e. The molecule has 1 saturated heterocycles. The molecule has 116 valence electrons. The van der Waals surface area contributed by atoms with Crippen molar-refractivity contribution in [2.75, 3.05) is 32.5 Å². The summed E-state index contributed by atoms with van der Waals surface area (Å²) in [7, 11) is 2.15. The molecule has 1 fully saturated rings. The molecule has 1 aromatic rings. The molecule has 0 spiro atoms. The van der Waals surface area contributed by atoms with Gasteiger partial charge in [0.25, 0.3) is 5.91 Å². The standard InChI is InChI=1S/C16H25N3O2/c1-3-18-16(20)12-6-7-14(17)15(11-12)21-10-8-13-5-4-9-19(13)2/h6-7,11,13H,3-5,8-10,17H2,1-2H3,(H,18,20). The number of nitrogens with zero attached hydrogens (tertiary/aromatic N) is 1. The van der Waals surface area contributed by atoms with Crippen molar-refractivity contribution in [1.29, 1.82) is 0 Å². The summed E-state index contributed by atoms with van der Waals surface area (Å²) in [5.41, 5.74) is 7.07. The van der Waals surface area contributed by atoms with Crippen LogP contribution in [0.1, 0.15) is 36.5 Å². The smallest absolute Gasteiger partial charge is 0.251 e. The third-order valence-corrected chi connectivity index (χ3v) is 3.99. The summed E-state index contributed by atoms with van der Waals surface area (Å²) in [4.78, 5) is 14.2. The van der Waals surface area contributed by atoms with E-state index in [0.29, 0.717) is 36.2 Å². The minimum Gasteiger partial charge on any atom is -0.491 e. The van der Waals surface area contributed by atoms with Crippen molar-refractivity contribution in [3.8, 4) is 5.75 Å². The number of anilines is 1. The Morgan fingerprint density at radius 1 is 1.52 bits per heavy atom. The molecule has 1 atom stereocenters. The molecule has 0 saturated carbocycles. The largest absolute Gasteiger partial charge is 0.491 e. The van der Waals surface area contributed by atoms with Crippen LogP contribution in [0.25, 0.3) is 0 Å². The van der Waals surface area contributed by atoms with Gasteiger partial charge in [0.2, 0.25) is 0 Å². The molecule has 5 nitrogen and oxygen atoms in total. The van der Waals surface area contributed by atoms with Crippen LogP contribution in [0.4, 0.5) is 5.69 Å². The highest BCUT2D eigenvalue weighted by atomic mass is 16.5. The van der Waals surface area contributed by atoms with E-state index in [2.05, 4.69) is 17.3 Å². The van der Waals surface area contributed by atoms with Gasteiger partial charge in [-0.05, 0) is 58.0 Å². The van der Waals surface area contributed by atoms with E-state index < -0.39 is 0 Å². The average molecular weight is 291 g/mol. The number of nitrogen functional groups attached to an aromatic ring is 1. The minimum absolute atomic E-state index is 0.0992. The number of likely N-dealkylation sites (tertiary alicyclic amines) is 1. The molecule has 0 bridgehead atoms. The van der Waals surface area contributed by atoms with Crippen molar-refractivity contribution in [2.24, 2.45) is 0 Å². The first-order valence-corrected chi connectivity index (χ1v) is 7.62. The van der Waals surface area contributed by atoms with Gasteiger partial charge in [0.05, 0.1) is 12.3 Å². The van der Waals surface area contributed by atoms with E-state index in [1.807, 2.05) is 6.92 Å². The monoisotopic (exact) mass is 291 g/mol. The zero-order chi connectivity index (χ0) is 15.2. The Morgan fingerprint density at radius 3 is 3.00 bits per heavy atom. The SMILES string of the molecule is CCNC(=O)c1ccc(N)c(OCCC2CCCN2C)c1. The topological polar surface area (TPSA) is 67.6 Å². The number of nitrogens with one attached hydrogen (secondary N) is 1. The van der Waals surface area contributed by atoms with Crippen molar-refractivity contribution in [3.63, 3.8) is 0 Å². The molecule has 3 N–H and O–H groups in total. The van der Waals surface area contributed by atoms with Crippen molar-refractivity contribution in [2.45, 2.75) is 32.2 Å². The van der Waals surface area contributed by atoms with Crippen LogP contribution in [0.2, 0.25) is 0 Å². The number of carbonyl (C=O) groups excluding carboxylic acids is 1. The summed E-state index contributed by atoms with van der Waals surface area (Å²) in [6.45, 7) is 4.29. The minimum atomic E-state index is -0.0992. The Morgan fingerprint density at radius 2 is 2.33 bits per heavy atom. The van der Waals surface area contributed by atoms with Gasteiger partial charge in [-0.25, -0.2) is 0 Å². The van der Waals surface area contributed by atoms with Gasteiger partial charge in [-0.15, -0.1) is 0 Å². The van der Waals surface area contributed by atoms with Crippen LogP contribution in [0.5, 0.6) is 5.75 Å². The molecular weight excluding hydrogens is 266 g/mol. The molecule has 2 rings (SSSR count). The Bertz CT molecular complexity index is 490. The molecule has 0 radical (unpaired) electrons. The van der Waals surface area contributed by atoms with E-state index in [1.165, 1.54) is 19.4 Å². The Hall–Kier alpha value is -1.75. The summed E-state index contributed by atoms with van der Waals surface area (Å²) in [5, 5.41) is 2.77. The summed E-state index contributed by atoms with van der Waals surface area (Å²) in [6.07, 6.45) is 3.48. The average Bonchev–Trinajstić information content (AvgIpc) is 2.87. The number of hydrogen-bond acceptors (Lipinski definition) is 4. The maximum atomic E-state index is 11.8. The fourth-order valence-electron chi connectivity index (χ4n) is 2.71. The van der Waals surface area contributed by atoms with Gasteiger partial charge in [-0.1, -0.05) is 0 Å². The molecule has 5 heteroatoms. The second-order valence-corrected chi connectivity index (χ2v) is 5.53. The molecule has 21 heavy (non-hydrogen) atoms. The summed E-state index contributed by atoms with van der Waals surface area (Å²) in [6, 6.07) is 5.76. The van der Waals surface area contributed by atoms with E-state index in [9.17, 15) is 4.79 Å². The van der Waals surface area contributed by atoms with Gasteiger partial charge in [0, 0.05) is 18.2 Å². The van der Waals surface area contributed by atoms with Crippen LogP contribution in [-0.4, -0.2) is 43.6 Å². The van der Waals surface area contributed by atoms with Crippen molar-refractivity contribution in [1.82, 2.24) is 10.2 Å². The number of carbonyl (C=O) groups is 1. The second-order valence-electron chi connectivity index (χ2n) is 5.53. The first-order valence-electron chi connectivity index (χ1n) is 7.62. The maximum absolute atomic E-state index is 11.8. The summed E-state index contributed by atoms with van der Waals surface area (Å²) >= 11 is 0. The lowest BCUT2D eigenvalue weighted by Gasteiger charge is -2.19. The van der Waals surface area contributed by atoms with Gasteiger partial charge in [0.15, 0.2) is 0 Å². The number of nitrogens with two attached hydrogens (primary N) is 1. The van der Waals surface area contributed by atoms with Crippen molar-refractivity contribution >= 4 is 11.6 Å². The third kappa shape index (κ3) is 4.11. The van der Waals surface area contributed by atoms with E-state index in [1.54, 1.807) is 18.2 Å². The van der Waals surface area contributed by atoms with Crippen LogP contribution in [-0.2, 0) is 0 Å². The summed E-state index contributed by atoms with van der Waals surface area (Å²) in [5.74, 6) is 0.497. The number of benzene rings is 1. The molecular formula is C16H25N3O2. The van der Waals surface area contributed by atoms with Crippen LogP contribution in [0.3, 0.4) is 0 Å². The predicted octanol–water partition coefficient (Wildman–Crippen LogP) is 1.88. The van der Waals surface area contributed by atoms with Crippen molar-refractivity contribution in [3.05, 3.63) is 23.8 Å². The second kappa shape index (κ2) is 7.31. The molecule has 0 aliphatic carbocycles. The number of hydrogen-bond donors (Lipinski definition) is 2. The van der Waals surface area contributed by atoms with Crippen molar-refractivity contribution < 1.29 is 9.53 Å². The third-order valence-electron chi connectivity index (χ3n) is 3.99. The van der Waals surface area contributed by atoms with Gasteiger partial charge in [-0.3, -0.25) is 4.79 Å². The zero-order valence-electron chi connectivity index (χ0n) is 12.9. The lowest BCUT2D eigenvalue weighted by atomic mass is 10.1. The molecule has 1 heterocycles. The first kappa shape index (κ1) is 15.6. The lowest BCUT2D eigenvalue weighted by molar-refractivity contribution is 0.0955. The molecule has 1 unspecified atom stereocenters. The fraction of sp³-hybridized carbons (Fsp3) is 0.562. The van der Waals surface area contributed by atoms with Gasteiger partial charge in [-0.2, -0.15) is 0 Å². The highest BCUT2D eigenvalue weighted by Crippen LogP contribution is 2.24. The molecule has 1 amide bonds. The van der Waals surface area contributed by atoms with E-state index in [-0.39, 0.29) is 5.91 Å². The Labute approximate surface area is 126 Å². The van der Waals surface area contributed by atoms with Crippen LogP contribution in [0, 0.1) is 0 Å². The van der Waals surface area contributed by atoms with Gasteiger partial charge >= 0.3 is 0 Å². The highest BCUT2D eigenvalue weighted by Gasteiger charge is 2.20. The number of amides is 1. The fourth-order valence-corrected chi connectivity index (χ4v) is 2.71. The van der Waals surface area contributed by atoms with E-state index in [4.69, 9.17) is 10.5 Å². The highest BCUT2D eigenvalue weighted by molar-refractivity contribution is 5.95. The molecule has 1 aliphatic heterocycles. The van der Waals surface area contributed by atoms with E-state index >= 15 is 0 Å². The number of rotatable bonds is 6. The number of ether oxygens (including phenoxy) is 1. The summed E-state index contributed by atoms with van der Waals surface area (Å²) < 4.78 is 5.78. The predicted molar refractivity (Wildman–Crippen MR) is 84.6 cm³/mol. The lowest BCUT2D eigenvalue weighted by Crippen LogP contribution is -2.26. The Kier molecular flexibility index (Phi) is 5.44. The quantitative estimate of drug-likeness (QED) is 0.785. The zero-order valence-corrected chi connectivity index (χ0v) is 12.9. The Balaban J connectivity index is 1.92. The van der Waals surface area contributed by atoms with Crippen LogP contribution < -0.4 is 15.8 Å².